The summed E-state index contributed by atoms with van der Waals surface area (Å²) in [6.07, 6.45) is 5.35. The summed E-state index contributed by atoms with van der Waals surface area (Å²) in [5.74, 6) is 0.994. The van der Waals surface area contributed by atoms with E-state index in [0.29, 0.717) is 13.1 Å². The van der Waals surface area contributed by atoms with Gasteiger partial charge in [0.05, 0.1) is 19.4 Å². The minimum Gasteiger partial charge on any atom is -0.468 e. The first kappa shape index (κ1) is 11.7. The van der Waals surface area contributed by atoms with Gasteiger partial charge in [0.2, 0.25) is 0 Å². The van der Waals surface area contributed by atoms with Gasteiger partial charge in [0.1, 0.15) is 5.76 Å². The van der Waals surface area contributed by atoms with Crippen LogP contribution in [0.2, 0.25) is 0 Å². The van der Waals surface area contributed by atoms with E-state index in [4.69, 9.17) is 4.42 Å². The van der Waals surface area contributed by atoms with Gasteiger partial charge in [-0.05, 0) is 25.2 Å². The molecule has 0 radical (unpaired) electrons. The minimum absolute atomic E-state index is 0.125. The van der Waals surface area contributed by atoms with Gasteiger partial charge in [-0.25, -0.2) is 0 Å². The Morgan fingerprint density at radius 1 is 1.47 bits per heavy atom. The van der Waals surface area contributed by atoms with E-state index in [9.17, 15) is 4.79 Å². The van der Waals surface area contributed by atoms with E-state index in [1.165, 1.54) is 0 Å². The molecule has 0 atom stereocenters. The van der Waals surface area contributed by atoms with Crippen LogP contribution in [0.3, 0.4) is 0 Å². The van der Waals surface area contributed by atoms with E-state index in [0.717, 1.165) is 11.3 Å². The van der Waals surface area contributed by atoms with Crippen molar-refractivity contribution in [3.8, 4) is 0 Å². The molecule has 2 aromatic rings. The van der Waals surface area contributed by atoms with Crippen molar-refractivity contribution < 1.29 is 9.21 Å². The molecule has 4 heteroatoms. The second kappa shape index (κ2) is 5.01. The van der Waals surface area contributed by atoms with Crippen LogP contribution < -0.4 is 0 Å². The number of carbonyl (C=O) groups is 1. The predicted molar refractivity (Wildman–Crippen MR) is 64.8 cm³/mol. The third kappa shape index (κ3) is 3.07. The summed E-state index contributed by atoms with van der Waals surface area (Å²) < 4.78 is 7.11. The summed E-state index contributed by atoms with van der Waals surface area (Å²) in [6, 6.07) is 5.59. The normalized spacial score (nSPS) is 11.0. The van der Waals surface area contributed by atoms with Crippen LogP contribution >= 0.6 is 0 Å². The number of likely N-dealkylation sites (N-methyl/N-ethyl adjacent to an activating group) is 1. The largest absolute Gasteiger partial charge is 0.468 e. The Morgan fingerprint density at radius 3 is 2.88 bits per heavy atom. The second-order valence-corrected chi connectivity index (χ2v) is 4.24. The molecule has 17 heavy (non-hydrogen) atoms. The lowest BCUT2D eigenvalue weighted by molar-refractivity contribution is 0.0939. The molecule has 0 N–H and O–H groups in total. The summed E-state index contributed by atoms with van der Waals surface area (Å²) in [5, 5.41) is 0. The van der Waals surface area contributed by atoms with Crippen LogP contribution in [0.4, 0.5) is 0 Å². The van der Waals surface area contributed by atoms with Crippen molar-refractivity contribution in [3.05, 3.63) is 48.2 Å². The average molecular weight is 232 g/mol. The number of rotatable bonds is 5. The molecule has 0 amide bonds. The van der Waals surface area contributed by atoms with Crippen LogP contribution in [0.5, 0.6) is 0 Å². The van der Waals surface area contributed by atoms with E-state index < -0.39 is 0 Å². The summed E-state index contributed by atoms with van der Waals surface area (Å²) in [7, 11) is 3.81. The van der Waals surface area contributed by atoms with Crippen molar-refractivity contribution in [2.45, 2.75) is 6.54 Å². The summed E-state index contributed by atoms with van der Waals surface area (Å²) in [6.45, 7) is 1.04. The Hall–Kier alpha value is -1.81. The number of furan rings is 1. The van der Waals surface area contributed by atoms with Gasteiger partial charge in [0.15, 0.2) is 5.78 Å². The summed E-state index contributed by atoms with van der Waals surface area (Å²) >= 11 is 0. The highest BCUT2D eigenvalue weighted by Gasteiger charge is 2.11. The predicted octanol–water partition coefficient (Wildman–Crippen LogP) is 1.93. The molecule has 0 fully saturated rings. The van der Waals surface area contributed by atoms with Gasteiger partial charge in [-0.3, -0.25) is 9.69 Å². The zero-order valence-corrected chi connectivity index (χ0v) is 10.1. The van der Waals surface area contributed by atoms with E-state index in [1.54, 1.807) is 6.26 Å². The molecule has 4 nitrogen and oxygen atoms in total. The number of aromatic nitrogens is 1. The van der Waals surface area contributed by atoms with Gasteiger partial charge in [0.25, 0.3) is 0 Å². The molecule has 0 spiro atoms. The molecule has 2 rings (SSSR count). The quantitative estimate of drug-likeness (QED) is 0.739. The first-order chi connectivity index (χ1) is 8.15. The standard InChI is InChI=1S/C13H16N2O2/c1-14-6-5-11(8-14)13(16)10-15(2)9-12-4-3-7-17-12/h3-8H,9-10H2,1-2H3. The molecule has 0 saturated heterocycles. The fourth-order valence-corrected chi connectivity index (χ4v) is 1.73. The smallest absolute Gasteiger partial charge is 0.178 e. The van der Waals surface area contributed by atoms with Gasteiger partial charge in [-0.2, -0.15) is 0 Å². The van der Waals surface area contributed by atoms with Gasteiger partial charge < -0.3 is 8.98 Å². The molecule has 0 saturated carbocycles. The highest BCUT2D eigenvalue weighted by molar-refractivity contribution is 5.97. The summed E-state index contributed by atoms with van der Waals surface area (Å²) in [4.78, 5) is 13.8. The Balaban J connectivity index is 1.90. The van der Waals surface area contributed by atoms with Crippen LogP contribution in [-0.4, -0.2) is 28.8 Å². The molecule has 0 aliphatic heterocycles. The number of ketones is 1. The third-order valence-electron chi connectivity index (χ3n) is 2.57. The Bertz CT molecular complexity index is 485. The molecule has 0 aliphatic carbocycles. The molecule has 0 aliphatic rings. The number of carbonyl (C=O) groups excluding carboxylic acids is 1. The first-order valence-electron chi connectivity index (χ1n) is 5.51. The molecular formula is C13H16N2O2. The Morgan fingerprint density at radius 2 is 2.29 bits per heavy atom. The number of Topliss-reactive ketones (excluding diaryl/α,β-unsaturated/α-hetero) is 1. The zero-order valence-electron chi connectivity index (χ0n) is 10.1. The minimum atomic E-state index is 0.125. The van der Waals surface area contributed by atoms with E-state index in [1.807, 2.05) is 54.2 Å². The summed E-state index contributed by atoms with van der Waals surface area (Å²) in [5.41, 5.74) is 0.749. The maximum absolute atomic E-state index is 11.9. The van der Waals surface area contributed by atoms with E-state index >= 15 is 0 Å². The number of hydrogen-bond donors (Lipinski definition) is 0. The van der Waals surface area contributed by atoms with Crippen LogP contribution in [0.25, 0.3) is 0 Å². The van der Waals surface area contributed by atoms with Gasteiger partial charge >= 0.3 is 0 Å². The molecule has 2 aromatic heterocycles. The number of hydrogen-bond acceptors (Lipinski definition) is 3. The van der Waals surface area contributed by atoms with Crippen molar-refractivity contribution in [3.63, 3.8) is 0 Å². The average Bonchev–Trinajstić information content (AvgIpc) is 2.89. The first-order valence-corrected chi connectivity index (χ1v) is 5.51. The van der Waals surface area contributed by atoms with Crippen molar-refractivity contribution in [1.29, 1.82) is 0 Å². The fraction of sp³-hybridized carbons (Fsp3) is 0.308. The number of aryl methyl sites for hydroxylation is 1. The lowest BCUT2D eigenvalue weighted by Gasteiger charge is -2.13. The molecule has 0 aromatic carbocycles. The SMILES string of the molecule is CN(CC(=O)c1ccn(C)c1)Cc1ccco1. The second-order valence-electron chi connectivity index (χ2n) is 4.24. The maximum atomic E-state index is 11.9. The van der Waals surface area contributed by atoms with Crippen molar-refractivity contribution >= 4 is 5.78 Å². The molecular weight excluding hydrogens is 216 g/mol. The highest BCUT2D eigenvalue weighted by Crippen LogP contribution is 2.06. The lowest BCUT2D eigenvalue weighted by Crippen LogP contribution is -2.25. The van der Waals surface area contributed by atoms with Crippen molar-refractivity contribution in [2.24, 2.45) is 7.05 Å². The van der Waals surface area contributed by atoms with E-state index in [2.05, 4.69) is 0 Å². The molecule has 2 heterocycles. The van der Waals surface area contributed by atoms with Crippen LogP contribution in [0.15, 0.2) is 41.3 Å². The van der Waals surface area contributed by atoms with Crippen molar-refractivity contribution in [2.75, 3.05) is 13.6 Å². The molecule has 90 valence electrons. The fourth-order valence-electron chi connectivity index (χ4n) is 1.73. The molecule has 0 unspecified atom stereocenters. The van der Waals surface area contributed by atoms with Crippen molar-refractivity contribution in [1.82, 2.24) is 9.47 Å². The topological polar surface area (TPSA) is 38.4 Å². The van der Waals surface area contributed by atoms with Gasteiger partial charge in [-0.15, -0.1) is 0 Å². The lowest BCUT2D eigenvalue weighted by atomic mass is 10.2. The van der Waals surface area contributed by atoms with Gasteiger partial charge in [-0.1, -0.05) is 0 Å². The van der Waals surface area contributed by atoms with Crippen LogP contribution in [0, 0.1) is 0 Å². The van der Waals surface area contributed by atoms with Crippen LogP contribution in [-0.2, 0) is 13.6 Å². The van der Waals surface area contributed by atoms with E-state index in [-0.39, 0.29) is 5.78 Å². The molecule has 0 bridgehead atoms. The monoisotopic (exact) mass is 232 g/mol. The Labute approximate surface area is 100 Å². The highest BCUT2D eigenvalue weighted by atomic mass is 16.3. The third-order valence-corrected chi connectivity index (χ3v) is 2.57. The maximum Gasteiger partial charge on any atom is 0.178 e. The zero-order chi connectivity index (χ0) is 12.3. The van der Waals surface area contributed by atoms with Crippen LogP contribution in [0.1, 0.15) is 16.1 Å². The Kier molecular flexibility index (Phi) is 3.44. The van der Waals surface area contributed by atoms with Gasteiger partial charge in [0, 0.05) is 25.0 Å². The number of nitrogens with zero attached hydrogens (tertiary/aromatic N) is 2.